The van der Waals surface area contributed by atoms with E-state index in [0.717, 1.165) is 42.3 Å². The normalized spacial score (nSPS) is 21.1. The predicted molar refractivity (Wildman–Crippen MR) is 98.1 cm³/mol. The Kier molecular flexibility index (Phi) is 4.79. The maximum atomic E-state index is 12.5. The Morgan fingerprint density at radius 1 is 1.16 bits per heavy atom. The molecule has 1 fully saturated rings. The average Bonchev–Trinajstić information content (AvgIpc) is 3.02. The number of rotatable bonds is 3. The van der Waals surface area contributed by atoms with Crippen LogP contribution >= 0.6 is 0 Å². The highest BCUT2D eigenvalue weighted by molar-refractivity contribution is 5.94. The van der Waals surface area contributed by atoms with Gasteiger partial charge in [-0.3, -0.25) is 14.7 Å². The van der Waals surface area contributed by atoms with Crippen LogP contribution in [0.25, 0.3) is 10.9 Å². The highest BCUT2D eigenvalue weighted by Crippen LogP contribution is 2.27. The van der Waals surface area contributed by atoms with Crippen LogP contribution in [0.5, 0.6) is 0 Å². The van der Waals surface area contributed by atoms with Gasteiger partial charge in [-0.2, -0.15) is 5.10 Å². The Morgan fingerprint density at radius 3 is 2.56 bits per heavy atom. The summed E-state index contributed by atoms with van der Waals surface area (Å²) >= 11 is 0. The molecule has 6 nitrogen and oxygen atoms in total. The maximum Gasteiger partial charge on any atom is 0.227 e. The molecule has 0 bridgehead atoms. The minimum atomic E-state index is -0.375. The van der Waals surface area contributed by atoms with E-state index in [1.807, 2.05) is 39.0 Å². The summed E-state index contributed by atoms with van der Waals surface area (Å²) in [4.78, 5) is 24.6. The summed E-state index contributed by atoms with van der Waals surface area (Å²) in [6, 6.07) is 5.91. The van der Waals surface area contributed by atoms with E-state index in [2.05, 4.69) is 20.8 Å². The number of fused-ring (bicyclic) bond motifs is 1. The van der Waals surface area contributed by atoms with E-state index in [1.54, 1.807) is 6.20 Å². The number of aromatic nitrogens is 2. The van der Waals surface area contributed by atoms with E-state index in [4.69, 9.17) is 0 Å². The van der Waals surface area contributed by atoms with E-state index < -0.39 is 0 Å². The molecular formula is C19H26N4O2. The van der Waals surface area contributed by atoms with Gasteiger partial charge in [0.25, 0.3) is 0 Å². The van der Waals surface area contributed by atoms with Crippen LogP contribution in [0.15, 0.2) is 24.4 Å². The van der Waals surface area contributed by atoms with Crippen molar-refractivity contribution in [2.45, 2.75) is 52.5 Å². The molecule has 0 unspecified atom stereocenters. The topological polar surface area (TPSA) is 86.9 Å². The molecule has 1 aromatic heterocycles. The van der Waals surface area contributed by atoms with Crippen LogP contribution < -0.4 is 10.6 Å². The summed E-state index contributed by atoms with van der Waals surface area (Å²) in [5.41, 5.74) is 1.32. The molecule has 1 aliphatic carbocycles. The monoisotopic (exact) mass is 342 g/mol. The van der Waals surface area contributed by atoms with Gasteiger partial charge in [0.15, 0.2) is 0 Å². The summed E-state index contributed by atoms with van der Waals surface area (Å²) in [5.74, 6) is 0.132. The Bertz CT molecular complexity index is 767. The van der Waals surface area contributed by atoms with Gasteiger partial charge in [0, 0.05) is 28.4 Å². The van der Waals surface area contributed by atoms with Crippen molar-refractivity contribution >= 4 is 28.4 Å². The highest BCUT2D eigenvalue weighted by Gasteiger charge is 2.29. The number of nitrogens with one attached hydrogen (secondary N) is 3. The molecule has 2 aromatic rings. The second-order valence-corrected chi connectivity index (χ2v) is 7.93. The Hall–Kier alpha value is -2.37. The van der Waals surface area contributed by atoms with Gasteiger partial charge in [0.2, 0.25) is 11.8 Å². The zero-order valence-electron chi connectivity index (χ0n) is 15.1. The minimum absolute atomic E-state index is 0.000234. The molecule has 25 heavy (non-hydrogen) atoms. The number of benzene rings is 1. The smallest absolute Gasteiger partial charge is 0.227 e. The van der Waals surface area contributed by atoms with E-state index in [9.17, 15) is 9.59 Å². The fourth-order valence-corrected chi connectivity index (χ4v) is 3.16. The van der Waals surface area contributed by atoms with Crippen LogP contribution in [0.1, 0.15) is 46.5 Å². The molecule has 6 heteroatoms. The number of hydrogen-bond donors (Lipinski definition) is 3. The third kappa shape index (κ3) is 4.18. The van der Waals surface area contributed by atoms with Crippen molar-refractivity contribution in [1.82, 2.24) is 15.5 Å². The van der Waals surface area contributed by atoms with Crippen molar-refractivity contribution in [3.63, 3.8) is 0 Å². The molecule has 3 N–H and O–H groups in total. The Balaban J connectivity index is 1.52. The van der Waals surface area contributed by atoms with E-state index in [0.29, 0.717) is 0 Å². The molecule has 0 atom stereocenters. The van der Waals surface area contributed by atoms with Crippen molar-refractivity contribution in [1.29, 1.82) is 0 Å². The average molecular weight is 342 g/mol. The molecule has 1 saturated carbocycles. The molecule has 0 aliphatic heterocycles. The standard InChI is InChI=1S/C19H26N4O2/c1-19(2,3)18(25)22-14-7-4-12(5-8-14)17(24)21-15-9-6-13-11-20-23-16(13)10-15/h6,9-12,14H,4-5,7-8H2,1-3H3,(H,20,23)(H,21,24)(H,22,25). The zero-order chi connectivity index (χ0) is 18.0. The zero-order valence-corrected chi connectivity index (χ0v) is 15.1. The van der Waals surface area contributed by atoms with E-state index in [1.165, 1.54) is 0 Å². The van der Waals surface area contributed by atoms with Gasteiger partial charge in [-0.05, 0) is 43.9 Å². The second kappa shape index (κ2) is 6.86. The van der Waals surface area contributed by atoms with Gasteiger partial charge in [0.1, 0.15) is 0 Å². The van der Waals surface area contributed by atoms with E-state index in [-0.39, 0.29) is 29.2 Å². The van der Waals surface area contributed by atoms with Crippen LogP contribution in [0.2, 0.25) is 0 Å². The number of aromatic amines is 1. The number of H-pyrrole nitrogens is 1. The van der Waals surface area contributed by atoms with Crippen molar-refractivity contribution in [3.05, 3.63) is 24.4 Å². The van der Waals surface area contributed by atoms with Crippen LogP contribution in [0.3, 0.4) is 0 Å². The largest absolute Gasteiger partial charge is 0.353 e. The van der Waals surface area contributed by atoms with Crippen molar-refractivity contribution in [2.75, 3.05) is 5.32 Å². The van der Waals surface area contributed by atoms with Crippen LogP contribution in [0.4, 0.5) is 5.69 Å². The molecule has 1 aliphatic rings. The fourth-order valence-electron chi connectivity index (χ4n) is 3.16. The molecule has 0 radical (unpaired) electrons. The first-order valence-corrected chi connectivity index (χ1v) is 8.88. The quantitative estimate of drug-likeness (QED) is 0.800. The summed E-state index contributed by atoms with van der Waals surface area (Å²) < 4.78 is 0. The Morgan fingerprint density at radius 2 is 1.88 bits per heavy atom. The fraction of sp³-hybridized carbons (Fsp3) is 0.526. The van der Waals surface area contributed by atoms with Crippen molar-refractivity contribution < 1.29 is 9.59 Å². The van der Waals surface area contributed by atoms with Gasteiger partial charge in [-0.1, -0.05) is 20.8 Å². The summed E-state index contributed by atoms with van der Waals surface area (Å²) in [6.07, 6.45) is 5.05. The summed E-state index contributed by atoms with van der Waals surface area (Å²) in [6.45, 7) is 5.74. The lowest BCUT2D eigenvalue weighted by Crippen LogP contribution is -2.44. The first-order valence-electron chi connectivity index (χ1n) is 8.88. The first kappa shape index (κ1) is 17.5. The highest BCUT2D eigenvalue weighted by atomic mass is 16.2. The van der Waals surface area contributed by atoms with Crippen molar-refractivity contribution in [2.24, 2.45) is 11.3 Å². The molecule has 1 aromatic carbocycles. The third-order valence-electron chi connectivity index (χ3n) is 4.82. The maximum absolute atomic E-state index is 12.5. The predicted octanol–water partition coefficient (Wildman–Crippen LogP) is 3.22. The molecule has 0 spiro atoms. The van der Waals surface area contributed by atoms with Crippen LogP contribution in [-0.2, 0) is 9.59 Å². The number of anilines is 1. The number of carbonyl (C=O) groups excluding carboxylic acids is 2. The molecule has 0 saturated heterocycles. The molecule has 2 amide bonds. The van der Waals surface area contributed by atoms with Gasteiger partial charge < -0.3 is 10.6 Å². The van der Waals surface area contributed by atoms with Gasteiger partial charge >= 0.3 is 0 Å². The van der Waals surface area contributed by atoms with Gasteiger partial charge in [-0.25, -0.2) is 0 Å². The molecular weight excluding hydrogens is 316 g/mol. The third-order valence-corrected chi connectivity index (χ3v) is 4.82. The van der Waals surface area contributed by atoms with E-state index >= 15 is 0 Å². The minimum Gasteiger partial charge on any atom is -0.353 e. The van der Waals surface area contributed by atoms with Crippen LogP contribution in [0, 0.1) is 11.3 Å². The Labute approximate surface area is 147 Å². The number of hydrogen-bond acceptors (Lipinski definition) is 3. The number of nitrogens with zero attached hydrogens (tertiary/aromatic N) is 1. The van der Waals surface area contributed by atoms with Crippen molar-refractivity contribution in [3.8, 4) is 0 Å². The molecule has 3 rings (SSSR count). The first-order chi connectivity index (χ1) is 11.8. The number of carbonyl (C=O) groups is 2. The van der Waals surface area contributed by atoms with Crippen LogP contribution in [-0.4, -0.2) is 28.1 Å². The SMILES string of the molecule is CC(C)(C)C(=O)NC1CCC(C(=O)Nc2ccc3cn[nH]c3c2)CC1. The summed E-state index contributed by atoms with van der Waals surface area (Å²) in [5, 5.41) is 14.0. The number of amides is 2. The second-order valence-electron chi connectivity index (χ2n) is 7.93. The lowest BCUT2D eigenvalue weighted by molar-refractivity contribution is -0.129. The summed E-state index contributed by atoms with van der Waals surface area (Å²) in [7, 11) is 0. The molecule has 134 valence electrons. The lowest BCUT2D eigenvalue weighted by Gasteiger charge is -2.30. The van der Waals surface area contributed by atoms with Gasteiger partial charge in [0.05, 0.1) is 11.7 Å². The molecule has 1 heterocycles. The van der Waals surface area contributed by atoms with Gasteiger partial charge in [-0.15, -0.1) is 0 Å². The lowest BCUT2D eigenvalue weighted by atomic mass is 9.84.